The molecule has 6 atom stereocenters. The summed E-state index contributed by atoms with van der Waals surface area (Å²) in [5.41, 5.74) is 1.03. The number of nitro benzene ring substituents is 1. The van der Waals surface area contributed by atoms with Crippen LogP contribution in [0, 0.1) is 33.8 Å². The van der Waals surface area contributed by atoms with Crippen molar-refractivity contribution in [3.63, 3.8) is 0 Å². The molecule has 0 saturated heterocycles. The number of fused-ring (bicyclic) bond motifs is 8. The van der Waals surface area contributed by atoms with Gasteiger partial charge < -0.3 is 0 Å². The average Bonchev–Trinajstić information content (AvgIpc) is 3.25. The highest BCUT2D eigenvalue weighted by Gasteiger charge is 2.61. The minimum absolute atomic E-state index is 0.115. The van der Waals surface area contributed by atoms with E-state index in [0.717, 1.165) is 11.6 Å². The van der Waals surface area contributed by atoms with Crippen LogP contribution in [-0.4, -0.2) is 17.0 Å². The Morgan fingerprint density at radius 3 is 2.77 bits per heavy atom. The highest BCUT2D eigenvalue weighted by Crippen LogP contribution is 2.60. The van der Waals surface area contributed by atoms with Crippen molar-refractivity contribution in [1.82, 2.24) is 0 Å². The fourth-order valence-corrected chi connectivity index (χ4v) is 5.13. The normalized spacial score (nSPS) is 40.3. The summed E-state index contributed by atoms with van der Waals surface area (Å²) in [6.45, 7) is 0. The van der Waals surface area contributed by atoms with E-state index in [1.54, 1.807) is 24.3 Å². The Morgan fingerprint density at radius 2 is 2.00 bits per heavy atom. The lowest BCUT2D eigenvalue weighted by atomic mass is 9.76. The molecule has 112 valence electrons. The first kappa shape index (κ1) is 12.3. The van der Waals surface area contributed by atoms with E-state index in [0.29, 0.717) is 29.8 Å². The summed E-state index contributed by atoms with van der Waals surface area (Å²) in [6, 6.07) is 7.31. The van der Waals surface area contributed by atoms with Crippen molar-refractivity contribution < 1.29 is 4.92 Å². The summed E-state index contributed by atoms with van der Waals surface area (Å²) < 4.78 is 0. The standard InChI is InChI=1S/C16H16N4O2/c21-20(22)10-6-4-9(5-7-10)19-16-14-8-13(15(16)17-18-19)11-2-1-3-12(11)14/h1-2,4-7,11-16H,3,8H2/t11-,12-,13+,14+,15-,16-/m1/s1. The van der Waals surface area contributed by atoms with Crippen LogP contribution in [0.5, 0.6) is 0 Å². The predicted octanol–water partition coefficient (Wildman–Crippen LogP) is 3.36. The molecule has 1 aromatic rings. The predicted molar refractivity (Wildman–Crippen MR) is 80.3 cm³/mol. The lowest BCUT2D eigenvalue weighted by Gasteiger charge is -2.35. The maximum atomic E-state index is 10.8. The second-order valence-corrected chi connectivity index (χ2v) is 6.77. The number of nitro groups is 1. The van der Waals surface area contributed by atoms with Gasteiger partial charge in [-0.15, -0.1) is 0 Å². The molecule has 0 spiro atoms. The molecule has 6 nitrogen and oxygen atoms in total. The lowest BCUT2D eigenvalue weighted by molar-refractivity contribution is -0.384. The third kappa shape index (κ3) is 1.44. The Balaban J connectivity index is 1.46. The van der Waals surface area contributed by atoms with Crippen LogP contribution in [0.2, 0.25) is 0 Å². The summed E-state index contributed by atoms with van der Waals surface area (Å²) in [4.78, 5) is 10.4. The van der Waals surface area contributed by atoms with E-state index in [1.807, 2.05) is 5.01 Å². The minimum atomic E-state index is -0.371. The quantitative estimate of drug-likeness (QED) is 0.477. The van der Waals surface area contributed by atoms with Gasteiger partial charge in [0, 0.05) is 12.1 Å². The van der Waals surface area contributed by atoms with E-state index in [2.05, 4.69) is 22.5 Å². The molecule has 5 rings (SSSR count). The molecule has 1 heterocycles. The Bertz CT molecular complexity index is 699. The van der Waals surface area contributed by atoms with Crippen molar-refractivity contribution in [2.45, 2.75) is 24.9 Å². The van der Waals surface area contributed by atoms with Crippen molar-refractivity contribution in [3.05, 3.63) is 46.5 Å². The zero-order valence-electron chi connectivity index (χ0n) is 11.9. The molecule has 2 bridgehead atoms. The maximum absolute atomic E-state index is 10.8. The van der Waals surface area contributed by atoms with Crippen LogP contribution in [0.1, 0.15) is 12.8 Å². The van der Waals surface area contributed by atoms with Gasteiger partial charge in [0.2, 0.25) is 0 Å². The van der Waals surface area contributed by atoms with Gasteiger partial charge in [0.1, 0.15) is 0 Å². The molecular formula is C16H16N4O2. The highest BCUT2D eigenvalue weighted by molar-refractivity contribution is 5.52. The summed E-state index contributed by atoms with van der Waals surface area (Å²) in [5, 5.41) is 21.7. The highest BCUT2D eigenvalue weighted by atomic mass is 16.6. The van der Waals surface area contributed by atoms with Crippen LogP contribution in [0.25, 0.3) is 0 Å². The van der Waals surface area contributed by atoms with Crippen molar-refractivity contribution in [2.24, 2.45) is 34.0 Å². The summed E-state index contributed by atoms with van der Waals surface area (Å²) in [7, 11) is 0. The van der Waals surface area contributed by atoms with Crippen LogP contribution in [-0.2, 0) is 0 Å². The first-order chi connectivity index (χ1) is 10.7. The topological polar surface area (TPSA) is 71.1 Å². The molecule has 4 aliphatic rings. The zero-order valence-corrected chi connectivity index (χ0v) is 11.9. The second kappa shape index (κ2) is 4.15. The number of anilines is 1. The van der Waals surface area contributed by atoms with Gasteiger partial charge in [-0.25, -0.2) is 5.01 Å². The van der Waals surface area contributed by atoms with Crippen molar-refractivity contribution in [2.75, 3.05) is 5.01 Å². The Labute approximate surface area is 127 Å². The first-order valence-corrected chi connectivity index (χ1v) is 7.85. The van der Waals surface area contributed by atoms with E-state index >= 15 is 0 Å². The van der Waals surface area contributed by atoms with Gasteiger partial charge in [-0.1, -0.05) is 17.4 Å². The molecular weight excluding hydrogens is 280 g/mol. The first-order valence-electron chi connectivity index (χ1n) is 7.85. The third-order valence-electron chi connectivity index (χ3n) is 5.97. The lowest BCUT2D eigenvalue weighted by Crippen LogP contribution is -2.44. The molecule has 0 radical (unpaired) electrons. The van der Waals surface area contributed by atoms with Gasteiger partial charge in [-0.3, -0.25) is 10.1 Å². The van der Waals surface area contributed by atoms with Gasteiger partial charge in [0.25, 0.3) is 5.69 Å². The fraction of sp³-hybridized carbons (Fsp3) is 0.500. The van der Waals surface area contributed by atoms with E-state index in [4.69, 9.17) is 0 Å². The Morgan fingerprint density at radius 1 is 1.18 bits per heavy atom. The number of benzene rings is 1. The SMILES string of the molecule is O=[N+]([O-])c1ccc(N2N=N[C@@H]3[C@H]4C[C@@H]([C@@H]5CC=C[C@H]54)[C@H]32)cc1. The van der Waals surface area contributed by atoms with Crippen molar-refractivity contribution >= 4 is 11.4 Å². The minimum Gasteiger partial charge on any atom is -0.258 e. The monoisotopic (exact) mass is 296 g/mol. The van der Waals surface area contributed by atoms with Crippen LogP contribution in [0.4, 0.5) is 11.4 Å². The van der Waals surface area contributed by atoms with E-state index in [1.165, 1.54) is 12.8 Å². The fourth-order valence-electron chi connectivity index (χ4n) is 5.13. The smallest absolute Gasteiger partial charge is 0.258 e. The Hall–Kier alpha value is -2.24. The number of rotatable bonds is 2. The van der Waals surface area contributed by atoms with E-state index in [9.17, 15) is 10.1 Å². The van der Waals surface area contributed by atoms with Crippen molar-refractivity contribution in [1.29, 1.82) is 0 Å². The molecule has 1 aliphatic heterocycles. The number of allylic oxidation sites excluding steroid dienone is 2. The largest absolute Gasteiger partial charge is 0.269 e. The van der Waals surface area contributed by atoms with Gasteiger partial charge in [0.05, 0.1) is 22.7 Å². The maximum Gasteiger partial charge on any atom is 0.269 e. The van der Waals surface area contributed by atoms with Crippen LogP contribution < -0.4 is 5.01 Å². The van der Waals surface area contributed by atoms with Gasteiger partial charge >= 0.3 is 0 Å². The molecule has 1 aromatic carbocycles. The van der Waals surface area contributed by atoms with E-state index < -0.39 is 0 Å². The number of hydrogen-bond donors (Lipinski definition) is 0. The molecule has 2 saturated carbocycles. The summed E-state index contributed by atoms with van der Waals surface area (Å²) in [5.74, 6) is 2.71. The number of hydrogen-bond acceptors (Lipinski definition) is 5. The molecule has 0 aromatic heterocycles. The zero-order chi connectivity index (χ0) is 14.8. The summed E-state index contributed by atoms with van der Waals surface area (Å²) >= 11 is 0. The van der Waals surface area contributed by atoms with Crippen molar-refractivity contribution in [3.8, 4) is 0 Å². The second-order valence-electron chi connectivity index (χ2n) is 6.77. The average molecular weight is 296 g/mol. The molecule has 2 fully saturated rings. The third-order valence-corrected chi connectivity index (χ3v) is 5.97. The molecule has 3 aliphatic carbocycles. The number of nitrogens with zero attached hydrogens (tertiary/aromatic N) is 4. The molecule has 22 heavy (non-hydrogen) atoms. The molecule has 0 N–H and O–H groups in total. The van der Waals surface area contributed by atoms with Crippen LogP contribution in [0.15, 0.2) is 46.8 Å². The van der Waals surface area contributed by atoms with Gasteiger partial charge in [0.15, 0.2) is 0 Å². The number of non-ortho nitro benzene ring substituents is 1. The molecule has 0 amide bonds. The summed E-state index contributed by atoms with van der Waals surface area (Å²) in [6.07, 6.45) is 7.14. The molecule has 6 heteroatoms. The van der Waals surface area contributed by atoms with Gasteiger partial charge in [-0.2, -0.15) is 5.11 Å². The van der Waals surface area contributed by atoms with E-state index in [-0.39, 0.29) is 10.6 Å². The van der Waals surface area contributed by atoms with Gasteiger partial charge in [-0.05, 0) is 48.6 Å². The van der Waals surface area contributed by atoms with Crippen LogP contribution >= 0.6 is 0 Å². The van der Waals surface area contributed by atoms with Crippen LogP contribution in [0.3, 0.4) is 0 Å². The molecule has 0 unspecified atom stereocenters. The Kier molecular flexibility index (Phi) is 2.32.